The Labute approximate surface area is 126 Å². The molecule has 5 heteroatoms. The SMILES string of the molecule is NC(Cc1c(F)cccc1Cl)c1ccc(Cl)cc1Cl. The molecule has 1 nitrogen and oxygen atoms in total. The molecule has 0 bridgehead atoms. The van der Waals surface area contributed by atoms with E-state index in [4.69, 9.17) is 40.5 Å². The van der Waals surface area contributed by atoms with Crippen LogP contribution in [0, 0.1) is 5.82 Å². The summed E-state index contributed by atoms with van der Waals surface area (Å²) in [6, 6.07) is 9.16. The number of hydrogen-bond acceptors (Lipinski definition) is 1. The summed E-state index contributed by atoms with van der Waals surface area (Å²) >= 11 is 17.9. The van der Waals surface area contributed by atoms with Crippen molar-refractivity contribution in [3.05, 3.63) is 68.4 Å². The third-order valence-electron chi connectivity index (χ3n) is 2.85. The van der Waals surface area contributed by atoms with Gasteiger partial charge in [0, 0.05) is 26.7 Å². The largest absolute Gasteiger partial charge is 0.324 e. The first kappa shape index (κ1) is 14.6. The maximum atomic E-state index is 13.7. The molecule has 2 aromatic carbocycles. The minimum Gasteiger partial charge on any atom is -0.324 e. The summed E-state index contributed by atoms with van der Waals surface area (Å²) in [6.45, 7) is 0. The summed E-state index contributed by atoms with van der Waals surface area (Å²) in [6.07, 6.45) is 0.271. The molecule has 1 atom stereocenters. The Morgan fingerprint density at radius 1 is 1.05 bits per heavy atom. The molecule has 0 heterocycles. The summed E-state index contributed by atoms with van der Waals surface area (Å²) in [7, 11) is 0. The molecule has 0 aromatic heterocycles. The molecule has 0 fully saturated rings. The van der Waals surface area contributed by atoms with E-state index >= 15 is 0 Å². The number of rotatable bonds is 3. The summed E-state index contributed by atoms with van der Waals surface area (Å²) in [5.41, 5.74) is 7.17. The highest BCUT2D eigenvalue weighted by Crippen LogP contribution is 2.29. The van der Waals surface area contributed by atoms with Crippen molar-refractivity contribution in [3.63, 3.8) is 0 Å². The van der Waals surface area contributed by atoms with Gasteiger partial charge in [-0.1, -0.05) is 46.9 Å². The van der Waals surface area contributed by atoms with Crippen LogP contribution in [0.3, 0.4) is 0 Å². The molecule has 2 aromatic rings. The molecule has 2 rings (SSSR count). The first-order valence-corrected chi connectivity index (χ1v) is 6.76. The molecule has 0 saturated heterocycles. The normalized spacial score (nSPS) is 12.5. The van der Waals surface area contributed by atoms with Gasteiger partial charge in [-0.05, 0) is 36.2 Å². The van der Waals surface area contributed by atoms with E-state index in [1.165, 1.54) is 6.07 Å². The lowest BCUT2D eigenvalue weighted by Gasteiger charge is -2.15. The Kier molecular flexibility index (Phi) is 4.69. The van der Waals surface area contributed by atoms with Crippen LogP contribution in [0.2, 0.25) is 15.1 Å². The van der Waals surface area contributed by atoms with E-state index in [0.29, 0.717) is 26.2 Å². The highest BCUT2D eigenvalue weighted by atomic mass is 35.5. The quantitative estimate of drug-likeness (QED) is 0.844. The van der Waals surface area contributed by atoms with Crippen molar-refractivity contribution in [2.75, 3.05) is 0 Å². The van der Waals surface area contributed by atoms with Gasteiger partial charge >= 0.3 is 0 Å². The van der Waals surface area contributed by atoms with Gasteiger partial charge in [-0.15, -0.1) is 0 Å². The minimum atomic E-state index is -0.445. The Morgan fingerprint density at radius 3 is 2.42 bits per heavy atom. The molecule has 0 aliphatic heterocycles. The molecular formula is C14H11Cl3FN. The summed E-state index contributed by atoms with van der Waals surface area (Å²) in [5.74, 6) is -0.368. The lowest BCUT2D eigenvalue weighted by atomic mass is 9.99. The highest BCUT2D eigenvalue weighted by molar-refractivity contribution is 6.35. The average Bonchev–Trinajstić information content (AvgIpc) is 2.33. The van der Waals surface area contributed by atoms with E-state index in [9.17, 15) is 4.39 Å². The molecule has 0 radical (unpaired) electrons. The van der Waals surface area contributed by atoms with Crippen LogP contribution in [0.25, 0.3) is 0 Å². The summed E-state index contributed by atoms with van der Waals surface area (Å²) < 4.78 is 13.7. The number of nitrogens with two attached hydrogens (primary N) is 1. The van der Waals surface area contributed by atoms with Gasteiger partial charge in [0.15, 0.2) is 0 Å². The van der Waals surface area contributed by atoms with Gasteiger partial charge in [0.25, 0.3) is 0 Å². The topological polar surface area (TPSA) is 26.0 Å². The van der Waals surface area contributed by atoms with E-state index in [-0.39, 0.29) is 12.2 Å². The zero-order valence-electron chi connectivity index (χ0n) is 9.84. The summed E-state index contributed by atoms with van der Waals surface area (Å²) in [5, 5.41) is 1.36. The first-order valence-electron chi connectivity index (χ1n) is 5.62. The summed E-state index contributed by atoms with van der Waals surface area (Å²) in [4.78, 5) is 0. The molecule has 100 valence electrons. The highest BCUT2D eigenvalue weighted by Gasteiger charge is 2.15. The van der Waals surface area contributed by atoms with Crippen LogP contribution in [-0.4, -0.2) is 0 Å². The molecule has 0 aliphatic carbocycles. The molecule has 0 saturated carbocycles. The Hall–Kier alpha value is -0.800. The van der Waals surface area contributed by atoms with Gasteiger partial charge < -0.3 is 5.73 Å². The maximum Gasteiger partial charge on any atom is 0.127 e. The van der Waals surface area contributed by atoms with E-state index in [1.807, 2.05) is 0 Å². The smallest absolute Gasteiger partial charge is 0.127 e. The first-order chi connectivity index (χ1) is 8.99. The van der Waals surface area contributed by atoms with Crippen LogP contribution in [0.4, 0.5) is 4.39 Å². The van der Waals surface area contributed by atoms with Gasteiger partial charge in [0.2, 0.25) is 0 Å². The van der Waals surface area contributed by atoms with Crippen molar-refractivity contribution in [2.45, 2.75) is 12.5 Å². The van der Waals surface area contributed by atoms with Gasteiger partial charge in [-0.3, -0.25) is 0 Å². The van der Waals surface area contributed by atoms with Crippen LogP contribution in [0.5, 0.6) is 0 Å². The predicted octanol–water partition coefficient (Wildman–Crippen LogP) is 5.03. The Balaban J connectivity index is 2.28. The predicted molar refractivity (Wildman–Crippen MR) is 78.5 cm³/mol. The third kappa shape index (κ3) is 3.40. The molecule has 2 N–H and O–H groups in total. The van der Waals surface area contributed by atoms with Crippen molar-refractivity contribution in [2.24, 2.45) is 5.73 Å². The van der Waals surface area contributed by atoms with E-state index in [1.54, 1.807) is 30.3 Å². The van der Waals surface area contributed by atoms with Gasteiger partial charge in [-0.2, -0.15) is 0 Å². The van der Waals surface area contributed by atoms with Crippen LogP contribution in [-0.2, 0) is 6.42 Å². The van der Waals surface area contributed by atoms with Crippen molar-refractivity contribution in [1.82, 2.24) is 0 Å². The fraction of sp³-hybridized carbons (Fsp3) is 0.143. The van der Waals surface area contributed by atoms with Crippen LogP contribution in [0.1, 0.15) is 17.2 Å². The zero-order chi connectivity index (χ0) is 14.0. The number of benzene rings is 2. The van der Waals surface area contributed by atoms with Crippen LogP contribution < -0.4 is 5.73 Å². The Morgan fingerprint density at radius 2 is 1.79 bits per heavy atom. The monoisotopic (exact) mass is 317 g/mol. The zero-order valence-corrected chi connectivity index (χ0v) is 12.1. The van der Waals surface area contributed by atoms with Crippen molar-refractivity contribution in [1.29, 1.82) is 0 Å². The minimum absolute atomic E-state index is 0.271. The Bertz CT molecular complexity index is 581. The van der Waals surface area contributed by atoms with Gasteiger partial charge in [0.1, 0.15) is 5.82 Å². The molecule has 0 spiro atoms. The van der Waals surface area contributed by atoms with E-state index in [0.717, 1.165) is 0 Å². The van der Waals surface area contributed by atoms with Crippen molar-refractivity contribution < 1.29 is 4.39 Å². The number of halogens is 4. The lowest BCUT2D eigenvalue weighted by molar-refractivity contribution is 0.593. The second-order valence-electron chi connectivity index (χ2n) is 4.18. The van der Waals surface area contributed by atoms with Crippen molar-refractivity contribution in [3.8, 4) is 0 Å². The second-order valence-corrected chi connectivity index (χ2v) is 5.43. The standard InChI is InChI=1S/C14H11Cl3FN/c15-8-4-5-9(12(17)6-8)14(19)7-10-11(16)2-1-3-13(10)18/h1-6,14H,7,19H2. The molecule has 19 heavy (non-hydrogen) atoms. The van der Waals surface area contributed by atoms with Crippen LogP contribution >= 0.6 is 34.8 Å². The fourth-order valence-corrected chi connectivity index (χ4v) is 2.65. The van der Waals surface area contributed by atoms with Crippen LogP contribution in [0.15, 0.2) is 36.4 Å². The number of hydrogen-bond donors (Lipinski definition) is 1. The fourth-order valence-electron chi connectivity index (χ4n) is 1.86. The second kappa shape index (κ2) is 6.10. The average molecular weight is 319 g/mol. The molecule has 0 aliphatic rings. The molecular weight excluding hydrogens is 308 g/mol. The van der Waals surface area contributed by atoms with Gasteiger partial charge in [-0.25, -0.2) is 4.39 Å². The maximum absolute atomic E-state index is 13.7. The molecule has 0 amide bonds. The van der Waals surface area contributed by atoms with E-state index < -0.39 is 6.04 Å². The molecule has 1 unspecified atom stereocenters. The van der Waals surface area contributed by atoms with Crippen molar-refractivity contribution >= 4 is 34.8 Å². The lowest BCUT2D eigenvalue weighted by Crippen LogP contribution is -2.15. The third-order valence-corrected chi connectivity index (χ3v) is 3.76. The van der Waals surface area contributed by atoms with Gasteiger partial charge in [0.05, 0.1) is 0 Å². The van der Waals surface area contributed by atoms with E-state index in [2.05, 4.69) is 0 Å².